The van der Waals surface area contributed by atoms with Crippen LogP contribution in [0.15, 0.2) is 41.0 Å². The van der Waals surface area contributed by atoms with Crippen molar-refractivity contribution in [3.63, 3.8) is 0 Å². The van der Waals surface area contributed by atoms with Crippen molar-refractivity contribution in [1.29, 1.82) is 0 Å². The van der Waals surface area contributed by atoms with E-state index < -0.39 is 30.4 Å². The molecule has 2 amide bonds. The largest absolute Gasteiger partial charge is 0.459 e. The predicted octanol–water partition coefficient (Wildman–Crippen LogP) is 2.20. The van der Waals surface area contributed by atoms with Gasteiger partial charge < -0.3 is 19.8 Å². The molecule has 7 heteroatoms. The summed E-state index contributed by atoms with van der Waals surface area (Å²) in [6.07, 6.45) is 1.36. The third-order valence-electron chi connectivity index (χ3n) is 3.45. The van der Waals surface area contributed by atoms with E-state index in [0.29, 0.717) is 5.69 Å². The summed E-state index contributed by atoms with van der Waals surface area (Å²) in [6, 6.07) is 7.73. The number of hydrogen-bond acceptors (Lipinski definition) is 5. The van der Waals surface area contributed by atoms with Crippen molar-refractivity contribution in [3.05, 3.63) is 53.5 Å². The molecule has 0 spiro atoms. The SMILES string of the molecule is Cc1ccc(NC(=O)COC(=O)[C@H](C)NC(=O)c2ccco2)c(C)c1. The molecule has 0 fully saturated rings. The minimum atomic E-state index is -0.911. The van der Waals surface area contributed by atoms with Gasteiger partial charge in [0, 0.05) is 5.69 Å². The summed E-state index contributed by atoms with van der Waals surface area (Å²) >= 11 is 0. The molecule has 0 saturated heterocycles. The van der Waals surface area contributed by atoms with Crippen LogP contribution in [-0.2, 0) is 14.3 Å². The Labute approximate surface area is 145 Å². The zero-order chi connectivity index (χ0) is 18.4. The molecule has 0 aliphatic rings. The molecule has 0 aliphatic heterocycles. The highest BCUT2D eigenvalue weighted by molar-refractivity contribution is 5.96. The summed E-state index contributed by atoms with van der Waals surface area (Å²) in [5, 5.41) is 5.11. The van der Waals surface area contributed by atoms with Crippen LogP contribution < -0.4 is 10.6 Å². The van der Waals surface area contributed by atoms with Gasteiger partial charge in [0.2, 0.25) is 0 Å². The number of amides is 2. The van der Waals surface area contributed by atoms with E-state index in [0.717, 1.165) is 11.1 Å². The molecule has 1 atom stereocenters. The molecule has 1 heterocycles. The van der Waals surface area contributed by atoms with Crippen LogP contribution in [0.1, 0.15) is 28.6 Å². The maximum absolute atomic E-state index is 11.9. The number of carbonyl (C=O) groups excluding carboxylic acids is 3. The maximum Gasteiger partial charge on any atom is 0.328 e. The summed E-state index contributed by atoms with van der Waals surface area (Å²) in [5.74, 6) is -1.61. The van der Waals surface area contributed by atoms with Crippen molar-refractivity contribution in [2.24, 2.45) is 0 Å². The molecule has 0 radical (unpaired) electrons. The molecule has 2 aromatic rings. The second-order valence-electron chi connectivity index (χ2n) is 5.65. The molecule has 1 aromatic heterocycles. The van der Waals surface area contributed by atoms with E-state index in [2.05, 4.69) is 10.6 Å². The highest BCUT2D eigenvalue weighted by atomic mass is 16.5. The summed E-state index contributed by atoms with van der Waals surface area (Å²) in [4.78, 5) is 35.5. The maximum atomic E-state index is 11.9. The molecule has 2 rings (SSSR count). The number of anilines is 1. The topological polar surface area (TPSA) is 97.6 Å². The van der Waals surface area contributed by atoms with Crippen LogP contribution in [0, 0.1) is 13.8 Å². The molecule has 7 nitrogen and oxygen atoms in total. The normalized spacial score (nSPS) is 11.5. The Morgan fingerprint density at radius 1 is 1.20 bits per heavy atom. The van der Waals surface area contributed by atoms with Crippen LogP contribution in [0.5, 0.6) is 0 Å². The number of aryl methyl sites for hydroxylation is 2. The molecule has 0 saturated carbocycles. The van der Waals surface area contributed by atoms with Crippen molar-refractivity contribution in [3.8, 4) is 0 Å². The Hall–Kier alpha value is -3.09. The Morgan fingerprint density at radius 3 is 2.60 bits per heavy atom. The van der Waals surface area contributed by atoms with Gasteiger partial charge in [-0.3, -0.25) is 9.59 Å². The Bertz CT molecular complexity index is 768. The van der Waals surface area contributed by atoms with Crippen molar-refractivity contribution in [2.75, 3.05) is 11.9 Å². The molecule has 0 unspecified atom stereocenters. The van der Waals surface area contributed by atoms with Crippen molar-refractivity contribution >= 4 is 23.5 Å². The molecule has 2 N–H and O–H groups in total. The Morgan fingerprint density at radius 2 is 1.96 bits per heavy atom. The van der Waals surface area contributed by atoms with Gasteiger partial charge in [0.15, 0.2) is 12.4 Å². The summed E-state index contributed by atoms with van der Waals surface area (Å²) < 4.78 is 9.86. The van der Waals surface area contributed by atoms with Gasteiger partial charge in [0.05, 0.1) is 6.26 Å². The second kappa shape index (κ2) is 8.14. The van der Waals surface area contributed by atoms with E-state index in [-0.39, 0.29) is 5.76 Å². The first-order valence-electron chi connectivity index (χ1n) is 7.75. The number of furan rings is 1. The van der Waals surface area contributed by atoms with Crippen LogP contribution in [0.2, 0.25) is 0 Å². The summed E-state index contributed by atoms with van der Waals surface area (Å²) in [5.41, 5.74) is 2.66. The van der Waals surface area contributed by atoms with Gasteiger partial charge in [-0.25, -0.2) is 4.79 Å². The molecule has 1 aromatic carbocycles. The quantitative estimate of drug-likeness (QED) is 0.783. The number of nitrogens with one attached hydrogen (secondary N) is 2. The number of esters is 1. The van der Waals surface area contributed by atoms with Gasteiger partial charge in [-0.05, 0) is 44.5 Å². The first-order chi connectivity index (χ1) is 11.9. The van der Waals surface area contributed by atoms with E-state index in [4.69, 9.17) is 9.15 Å². The van der Waals surface area contributed by atoms with Gasteiger partial charge in [-0.1, -0.05) is 17.7 Å². The third-order valence-corrected chi connectivity index (χ3v) is 3.45. The number of rotatable bonds is 6. The minimum absolute atomic E-state index is 0.0900. The number of carbonyl (C=O) groups is 3. The van der Waals surface area contributed by atoms with Crippen molar-refractivity contribution < 1.29 is 23.5 Å². The molecular formula is C18H20N2O5. The van der Waals surface area contributed by atoms with Crippen LogP contribution in [0.4, 0.5) is 5.69 Å². The Balaban J connectivity index is 1.80. The molecule has 132 valence electrons. The lowest BCUT2D eigenvalue weighted by Gasteiger charge is -2.13. The fourth-order valence-corrected chi connectivity index (χ4v) is 2.14. The smallest absolute Gasteiger partial charge is 0.328 e. The van der Waals surface area contributed by atoms with Gasteiger partial charge in [-0.15, -0.1) is 0 Å². The van der Waals surface area contributed by atoms with E-state index >= 15 is 0 Å². The number of benzene rings is 1. The van der Waals surface area contributed by atoms with Crippen LogP contribution in [-0.4, -0.2) is 30.4 Å². The van der Waals surface area contributed by atoms with E-state index in [1.54, 1.807) is 12.1 Å². The standard InChI is InChI=1S/C18H20N2O5/c1-11-6-7-14(12(2)9-11)20-16(21)10-25-18(23)13(3)19-17(22)15-5-4-8-24-15/h4-9,13H,10H2,1-3H3,(H,19,22)(H,20,21)/t13-/m0/s1. The second-order valence-corrected chi connectivity index (χ2v) is 5.65. The number of ether oxygens (including phenoxy) is 1. The Kier molecular flexibility index (Phi) is 5.94. The molecule has 25 heavy (non-hydrogen) atoms. The zero-order valence-electron chi connectivity index (χ0n) is 14.3. The highest BCUT2D eigenvalue weighted by Crippen LogP contribution is 2.15. The first-order valence-corrected chi connectivity index (χ1v) is 7.75. The number of hydrogen-bond donors (Lipinski definition) is 2. The average Bonchev–Trinajstić information content (AvgIpc) is 3.09. The van der Waals surface area contributed by atoms with Crippen LogP contribution in [0.3, 0.4) is 0 Å². The van der Waals surface area contributed by atoms with Crippen LogP contribution >= 0.6 is 0 Å². The molecular weight excluding hydrogens is 324 g/mol. The van der Waals surface area contributed by atoms with Crippen molar-refractivity contribution in [1.82, 2.24) is 5.32 Å². The highest BCUT2D eigenvalue weighted by Gasteiger charge is 2.20. The fourth-order valence-electron chi connectivity index (χ4n) is 2.14. The third kappa shape index (κ3) is 5.20. The molecule has 0 aliphatic carbocycles. The summed E-state index contributed by atoms with van der Waals surface area (Å²) in [7, 11) is 0. The lowest BCUT2D eigenvalue weighted by atomic mass is 10.1. The fraction of sp³-hybridized carbons (Fsp3) is 0.278. The predicted molar refractivity (Wildman–Crippen MR) is 91.1 cm³/mol. The van der Waals surface area contributed by atoms with Crippen LogP contribution in [0.25, 0.3) is 0 Å². The van der Waals surface area contributed by atoms with Crippen molar-refractivity contribution in [2.45, 2.75) is 26.8 Å². The first kappa shape index (κ1) is 18.3. The summed E-state index contributed by atoms with van der Waals surface area (Å²) in [6.45, 7) is 4.86. The minimum Gasteiger partial charge on any atom is -0.459 e. The van der Waals surface area contributed by atoms with Gasteiger partial charge >= 0.3 is 5.97 Å². The zero-order valence-corrected chi connectivity index (χ0v) is 14.3. The van der Waals surface area contributed by atoms with E-state index in [1.807, 2.05) is 26.0 Å². The average molecular weight is 344 g/mol. The van der Waals surface area contributed by atoms with E-state index in [9.17, 15) is 14.4 Å². The lowest BCUT2D eigenvalue weighted by molar-refractivity contribution is -0.148. The van der Waals surface area contributed by atoms with E-state index in [1.165, 1.54) is 19.3 Å². The van der Waals surface area contributed by atoms with Gasteiger partial charge in [0.1, 0.15) is 6.04 Å². The monoisotopic (exact) mass is 344 g/mol. The lowest BCUT2D eigenvalue weighted by Crippen LogP contribution is -2.40. The van der Waals surface area contributed by atoms with Gasteiger partial charge in [-0.2, -0.15) is 0 Å². The molecule has 0 bridgehead atoms. The van der Waals surface area contributed by atoms with Gasteiger partial charge in [0.25, 0.3) is 11.8 Å².